The van der Waals surface area contributed by atoms with Crippen LogP contribution in [0.25, 0.3) is 10.9 Å². The summed E-state index contributed by atoms with van der Waals surface area (Å²) >= 11 is 0. The zero-order valence-corrected chi connectivity index (χ0v) is 29.5. The number of pyridine rings is 1. The number of aromatic hydroxyl groups is 1. The second-order valence-corrected chi connectivity index (χ2v) is 16.3. The van der Waals surface area contributed by atoms with Crippen molar-refractivity contribution in [1.82, 2.24) is 4.98 Å². The highest BCUT2D eigenvalue weighted by molar-refractivity contribution is 6.12. The Morgan fingerprint density at radius 2 is 1.50 bits per heavy atom. The van der Waals surface area contributed by atoms with Crippen LogP contribution in [-0.4, -0.2) is 22.0 Å². The van der Waals surface area contributed by atoms with Gasteiger partial charge in [0.2, 0.25) is 5.88 Å². The number of aryl methyl sites for hydroxylation is 1. The summed E-state index contributed by atoms with van der Waals surface area (Å²) in [6, 6.07) is 33.5. The minimum atomic E-state index is -0.0281. The molecule has 1 aliphatic heterocycles. The van der Waals surface area contributed by atoms with Crippen LogP contribution >= 0.6 is 0 Å². The fourth-order valence-electron chi connectivity index (χ4n) is 7.31. The molecule has 4 aromatic carbocycles. The lowest BCUT2D eigenvalue weighted by molar-refractivity contribution is 0.255. The average Bonchev–Trinajstić information content (AvgIpc) is 3.41. The van der Waals surface area contributed by atoms with Gasteiger partial charge in [0, 0.05) is 22.7 Å². The molecule has 0 unspecified atom stereocenters. The van der Waals surface area contributed by atoms with Gasteiger partial charge >= 0.3 is 0 Å². The predicted octanol–water partition coefficient (Wildman–Crippen LogP) is 10.7. The average molecular weight is 638 g/mol. The quantitative estimate of drug-likeness (QED) is 0.213. The number of anilines is 1. The second-order valence-electron chi connectivity index (χ2n) is 16.3. The number of hydrogen-bond donors (Lipinski definition) is 1. The zero-order valence-electron chi connectivity index (χ0n) is 29.5. The molecule has 5 aromatic rings. The number of para-hydroxylation sites is 1. The third-order valence-corrected chi connectivity index (χ3v) is 10.2. The van der Waals surface area contributed by atoms with Crippen molar-refractivity contribution in [3.63, 3.8) is 0 Å². The first-order valence-electron chi connectivity index (χ1n) is 17.2. The predicted molar refractivity (Wildman–Crippen MR) is 198 cm³/mol. The van der Waals surface area contributed by atoms with Gasteiger partial charge in [-0.1, -0.05) is 110 Å². The maximum absolute atomic E-state index is 10.4. The molecule has 0 bridgehead atoms. The topological polar surface area (TPSA) is 58.0 Å². The molecule has 2 heterocycles. The van der Waals surface area contributed by atoms with E-state index in [4.69, 9.17) is 9.73 Å². The molecule has 1 N–H and O–H groups in total. The molecule has 246 valence electrons. The normalized spacial score (nSPS) is 19.0. The molecular weight excluding hydrogens is 590 g/mol. The molecule has 1 aromatic heterocycles. The summed E-state index contributed by atoms with van der Waals surface area (Å²) in [6.45, 7) is 18.6. The molecule has 1 aliphatic carbocycles. The van der Waals surface area contributed by atoms with Gasteiger partial charge in [0.1, 0.15) is 22.9 Å². The number of amidine groups is 1. The Morgan fingerprint density at radius 3 is 2.23 bits per heavy atom. The lowest BCUT2D eigenvalue weighted by Crippen LogP contribution is -2.47. The van der Waals surface area contributed by atoms with Crippen LogP contribution in [0.3, 0.4) is 0 Å². The number of phenols is 1. The summed E-state index contributed by atoms with van der Waals surface area (Å²) in [4.78, 5) is 12.8. The van der Waals surface area contributed by atoms with Crippen LogP contribution in [0.15, 0.2) is 102 Å². The maximum Gasteiger partial charge on any atom is 0.219 e. The molecule has 7 rings (SSSR count). The van der Waals surface area contributed by atoms with Crippen molar-refractivity contribution < 1.29 is 9.84 Å². The van der Waals surface area contributed by atoms with Gasteiger partial charge in [0.15, 0.2) is 0 Å². The van der Waals surface area contributed by atoms with E-state index in [1.807, 2.05) is 36.4 Å². The van der Waals surface area contributed by atoms with Gasteiger partial charge in [-0.3, -0.25) is 4.99 Å². The zero-order chi connectivity index (χ0) is 34.0. The molecule has 0 amide bonds. The largest absolute Gasteiger partial charge is 0.506 e. The van der Waals surface area contributed by atoms with Crippen molar-refractivity contribution in [3.05, 3.63) is 125 Å². The smallest absolute Gasteiger partial charge is 0.219 e. The number of aliphatic imine (C=N–C) groups is 1. The van der Waals surface area contributed by atoms with Crippen LogP contribution in [-0.2, 0) is 17.3 Å². The summed E-state index contributed by atoms with van der Waals surface area (Å²) in [5.41, 5.74) is 7.99. The van der Waals surface area contributed by atoms with E-state index in [2.05, 4.69) is 120 Å². The number of nitrogens with zero attached hydrogens (tertiary/aromatic N) is 3. The van der Waals surface area contributed by atoms with Crippen molar-refractivity contribution in [2.45, 2.75) is 91.1 Å². The molecule has 48 heavy (non-hydrogen) atoms. The molecule has 2 atom stereocenters. The third kappa shape index (κ3) is 5.85. The molecule has 0 saturated heterocycles. The molecule has 0 radical (unpaired) electrons. The van der Waals surface area contributed by atoms with E-state index in [0.717, 1.165) is 29.6 Å². The number of benzene rings is 4. The van der Waals surface area contributed by atoms with Crippen LogP contribution < -0.4 is 9.64 Å². The maximum atomic E-state index is 10.4. The number of rotatable bonds is 4. The number of fused-ring (bicyclic) bond motifs is 4. The van der Waals surface area contributed by atoms with Crippen molar-refractivity contribution in [2.24, 2.45) is 10.4 Å². The van der Waals surface area contributed by atoms with Gasteiger partial charge in [0.25, 0.3) is 0 Å². The molecule has 5 nitrogen and oxygen atoms in total. The van der Waals surface area contributed by atoms with Gasteiger partial charge in [-0.2, -0.15) is 0 Å². The Kier molecular flexibility index (Phi) is 7.65. The summed E-state index contributed by atoms with van der Waals surface area (Å²) < 4.78 is 6.35. The fraction of sp³-hybridized carbons (Fsp3) is 0.349. The van der Waals surface area contributed by atoms with E-state index in [9.17, 15) is 5.11 Å². The first-order valence-corrected chi connectivity index (χ1v) is 17.2. The molecule has 2 aliphatic rings. The van der Waals surface area contributed by atoms with Crippen LogP contribution in [0.2, 0.25) is 0 Å². The van der Waals surface area contributed by atoms with E-state index < -0.39 is 0 Å². The molecule has 0 fully saturated rings. The van der Waals surface area contributed by atoms with Crippen molar-refractivity contribution in [2.75, 3.05) is 4.90 Å². The van der Waals surface area contributed by atoms with E-state index in [1.165, 1.54) is 27.9 Å². The molecule has 5 heteroatoms. The Labute approximate surface area is 285 Å². The van der Waals surface area contributed by atoms with E-state index in [1.54, 1.807) is 6.07 Å². The second kappa shape index (κ2) is 11.5. The first kappa shape index (κ1) is 31.9. The lowest BCUT2D eigenvalue weighted by Gasteiger charge is -2.41. The Balaban J connectivity index is 1.39. The van der Waals surface area contributed by atoms with Crippen LogP contribution in [0, 0.1) is 5.41 Å². The Bertz CT molecular complexity index is 2010. The lowest BCUT2D eigenvalue weighted by atomic mass is 9.76. The minimum absolute atomic E-state index is 0.0141. The van der Waals surface area contributed by atoms with Gasteiger partial charge in [-0.05, 0) is 87.7 Å². The van der Waals surface area contributed by atoms with E-state index in [-0.39, 0.29) is 34.1 Å². The highest BCUT2D eigenvalue weighted by Crippen LogP contribution is 2.50. The van der Waals surface area contributed by atoms with Crippen molar-refractivity contribution in [1.29, 1.82) is 0 Å². The summed E-state index contributed by atoms with van der Waals surface area (Å²) in [7, 11) is 0. The van der Waals surface area contributed by atoms with Gasteiger partial charge in [0.05, 0.1) is 12.1 Å². The number of aromatic nitrogens is 1. The number of hydrogen-bond acceptors (Lipinski definition) is 5. The monoisotopic (exact) mass is 637 g/mol. The van der Waals surface area contributed by atoms with Gasteiger partial charge in [-0.25, -0.2) is 4.98 Å². The highest BCUT2D eigenvalue weighted by atomic mass is 16.5. The van der Waals surface area contributed by atoms with Crippen LogP contribution in [0.5, 0.6) is 17.4 Å². The van der Waals surface area contributed by atoms with Gasteiger partial charge < -0.3 is 14.7 Å². The summed E-state index contributed by atoms with van der Waals surface area (Å²) in [6.07, 6.45) is 2.11. The van der Waals surface area contributed by atoms with E-state index in [0.29, 0.717) is 17.1 Å². The summed E-state index contributed by atoms with van der Waals surface area (Å²) in [5.74, 6) is 2.19. The van der Waals surface area contributed by atoms with Crippen LogP contribution in [0.1, 0.15) is 95.7 Å². The SMILES string of the molecule is CC(C)(C)c1cc(N2C(c3cccc(Oc4ccc5cccc(O)c5n4)c3)=N[C@H]3c4ccccc4CCC(C)(C)[C@H]32)cc(C(C)(C)C)c1. The standard InChI is InChI=1S/C43H47N3O2/c1-41(2,3)30-24-31(42(4,5)6)26-32(25-30)46-39-38(34-17-10-9-13-27(34)21-22-43(39,7)8)45-40(46)29-15-11-16-33(23-29)48-36-20-19-28-14-12-18-35(47)37(28)44-36/h9-20,23-26,38-39,47H,21-22H2,1-8H3/t38-,39-/m0/s1. The Hall–Kier alpha value is -4.64. The highest BCUT2D eigenvalue weighted by Gasteiger charge is 2.49. The van der Waals surface area contributed by atoms with Crippen molar-refractivity contribution in [3.8, 4) is 17.4 Å². The first-order chi connectivity index (χ1) is 22.7. The molecule has 0 saturated carbocycles. The summed E-state index contributed by atoms with van der Waals surface area (Å²) in [5, 5.41) is 11.3. The van der Waals surface area contributed by atoms with Gasteiger partial charge in [-0.15, -0.1) is 0 Å². The van der Waals surface area contributed by atoms with Crippen LogP contribution in [0.4, 0.5) is 5.69 Å². The molecular formula is C43H47N3O2. The fourth-order valence-corrected chi connectivity index (χ4v) is 7.31. The number of ether oxygens (including phenoxy) is 1. The van der Waals surface area contributed by atoms with Crippen molar-refractivity contribution >= 4 is 22.4 Å². The number of phenolic OH excluding ortho intramolecular Hbond substituents is 1. The third-order valence-electron chi connectivity index (χ3n) is 10.2. The minimum Gasteiger partial charge on any atom is -0.506 e. The van der Waals surface area contributed by atoms with E-state index >= 15 is 0 Å². The Morgan fingerprint density at radius 1 is 0.792 bits per heavy atom. The molecule has 0 spiro atoms.